The molecular weight excluding hydrogens is 398 g/mol. The lowest BCUT2D eigenvalue weighted by atomic mass is 9.95. The molecule has 2 amide bonds. The first-order valence-corrected chi connectivity index (χ1v) is 11.0. The van der Waals surface area contributed by atoms with Crippen molar-refractivity contribution in [2.24, 2.45) is 5.92 Å². The van der Waals surface area contributed by atoms with Gasteiger partial charge >= 0.3 is 0 Å². The van der Waals surface area contributed by atoms with Crippen molar-refractivity contribution in [3.05, 3.63) is 89.2 Å². The number of pyridine rings is 1. The van der Waals surface area contributed by atoms with Crippen LogP contribution in [0.5, 0.6) is 0 Å². The van der Waals surface area contributed by atoms with E-state index in [4.69, 9.17) is 0 Å². The van der Waals surface area contributed by atoms with Gasteiger partial charge in [0.15, 0.2) is 0 Å². The zero-order valence-electron chi connectivity index (χ0n) is 18.9. The average Bonchev–Trinajstić information content (AvgIpc) is 2.93. The largest absolute Gasteiger partial charge is 0.344 e. The highest BCUT2D eigenvalue weighted by Crippen LogP contribution is 2.24. The van der Waals surface area contributed by atoms with Gasteiger partial charge in [0.05, 0.1) is 5.92 Å². The Morgan fingerprint density at radius 2 is 1.59 bits per heavy atom. The van der Waals surface area contributed by atoms with Gasteiger partial charge in [-0.2, -0.15) is 0 Å². The van der Waals surface area contributed by atoms with Crippen LogP contribution in [-0.4, -0.2) is 53.3 Å². The molecular formula is C27H29N3O2. The van der Waals surface area contributed by atoms with E-state index in [9.17, 15) is 9.59 Å². The lowest BCUT2D eigenvalue weighted by Gasteiger charge is -2.23. The van der Waals surface area contributed by atoms with E-state index in [1.807, 2.05) is 7.05 Å². The Morgan fingerprint density at radius 1 is 0.938 bits per heavy atom. The highest BCUT2D eigenvalue weighted by molar-refractivity contribution is 5.94. The molecule has 1 aromatic heterocycles. The van der Waals surface area contributed by atoms with Crippen molar-refractivity contribution in [2.75, 3.05) is 26.7 Å². The van der Waals surface area contributed by atoms with Crippen molar-refractivity contribution in [2.45, 2.75) is 20.3 Å². The third kappa shape index (κ3) is 4.88. The summed E-state index contributed by atoms with van der Waals surface area (Å²) in [5.41, 5.74) is 6.56. The molecule has 32 heavy (non-hydrogen) atoms. The van der Waals surface area contributed by atoms with E-state index in [0.717, 1.165) is 5.56 Å². The minimum Gasteiger partial charge on any atom is -0.344 e. The van der Waals surface area contributed by atoms with Crippen LogP contribution < -0.4 is 0 Å². The van der Waals surface area contributed by atoms with Gasteiger partial charge in [-0.15, -0.1) is 0 Å². The normalized spacial score (nSPS) is 16.7. The van der Waals surface area contributed by atoms with Gasteiger partial charge in [-0.3, -0.25) is 14.6 Å². The Morgan fingerprint density at radius 3 is 2.25 bits per heavy atom. The fourth-order valence-electron chi connectivity index (χ4n) is 4.40. The second kappa shape index (κ2) is 9.35. The molecule has 0 aliphatic carbocycles. The van der Waals surface area contributed by atoms with Crippen LogP contribution in [0.3, 0.4) is 0 Å². The van der Waals surface area contributed by atoms with E-state index in [0.29, 0.717) is 31.6 Å². The molecule has 0 saturated carbocycles. The van der Waals surface area contributed by atoms with Crippen LogP contribution in [0.4, 0.5) is 0 Å². The van der Waals surface area contributed by atoms with Gasteiger partial charge in [0.25, 0.3) is 5.91 Å². The predicted octanol–water partition coefficient (Wildman–Crippen LogP) is 4.14. The number of nitrogens with zero attached hydrogens (tertiary/aromatic N) is 3. The second-order valence-electron chi connectivity index (χ2n) is 8.72. The maximum absolute atomic E-state index is 13.0. The number of benzene rings is 2. The number of aryl methyl sites for hydroxylation is 2. The summed E-state index contributed by atoms with van der Waals surface area (Å²) in [6.45, 7) is 5.71. The minimum absolute atomic E-state index is 0.0503. The fourth-order valence-corrected chi connectivity index (χ4v) is 4.40. The van der Waals surface area contributed by atoms with Gasteiger partial charge in [0.1, 0.15) is 0 Å². The van der Waals surface area contributed by atoms with Gasteiger partial charge in [0.2, 0.25) is 5.91 Å². The Labute approximate surface area is 189 Å². The average molecular weight is 428 g/mol. The molecule has 5 heteroatoms. The van der Waals surface area contributed by atoms with Crippen molar-refractivity contribution in [1.29, 1.82) is 0 Å². The molecule has 1 aliphatic rings. The SMILES string of the molecule is Cc1cc(C)cc(-c2ccc(CC3CN(C(=O)c4ccncc4)CCN(C)C3=O)cc2)c1. The summed E-state index contributed by atoms with van der Waals surface area (Å²) in [5, 5.41) is 0. The molecule has 0 bridgehead atoms. The molecule has 1 atom stereocenters. The van der Waals surface area contributed by atoms with Crippen molar-refractivity contribution in [3.63, 3.8) is 0 Å². The van der Waals surface area contributed by atoms with Crippen LogP contribution in [0.15, 0.2) is 67.0 Å². The molecule has 0 N–H and O–H groups in total. The third-order valence-electron chi connectivity index (χ3n) is 6.08. The summed E-state index contributed by atoms with van der Waals surface area (Å²) in [4.78, 5) is 33.5. The number of carbonyl (C=O) groups excluding carboxylic acids is 2. The highest BCUT2D eigenvalue weighted by Gasteiger charge is 2.31. The maximum Gasteiger partial charge on any atom is 0.254 e. The zero-order valence-corrected chi connectivity index (χ0v) is 18.9. The summed E-state index contributed by atoms with van der Waals surface area (Å²) < 4.78 is 0. The van der Waals surface area contributed by atoms with Gasteiger partial charge in [0, 0.05) is 44.6 Å². The lowest BCUT2D eigenvalue weighted by molar-refractivity contribution is -0.133. The molecule has 0 radical (unpaired) electrons. The highest BCUT2D eigenvalue weighted by atomic mass is 16.2. The van der Waals surface area contributed by atoms with Crippen LogP contribution in [0, 0.1) is 19.8 Å². The second-order valence-corrected chi connectivity index (χ2v) is 8.72. The third-order valence-corrected chi connectivity index (χ3v) is 6.08. The van der Waals surface area contributed by atoms with Crippen LogP contribution in [-0.2, 0) is 11.2 Å². The van der Waals surface area contributed by atoms with Crippen molar-refractivity contribution in [1.82, 2.24) is 14.8 Å². The van der Waals surface area contributed by atoms with Gasteiger partial charge in [-0.05, 0) is 49.1 Å². The van der Waals surface area contributed by atoms with Crippen LogP contribution in [0.25, 0.3) is 11.1 Å². The molecule has 164 valence electrons. The number of aromatic nitrogens is 1. The number of amides is 2. The molecule has 2 aromatic carbocycles. The van der Waals surface area contributed by atoms with E-state index in [2.05, 4.69) is 61.3 Å². The van der Waals surface area contributed by atoms with Crippen molar-refractivity contribution < 1.29 is 9.59 Å². The predicted molar refractivity (Wildman–Crippen MR) is 126 cm³/mol. The Hall–Kier alpha value is -3.47. The molecule has 4 rings (SSSR count). The Balaban J connectivity index is 1.52. The standard InChI is InChI=1S/C27H29N3O2/c1-19-14-20(2)16-24(15-19)22-6-4-21(5-7-22)17-25-18-30(13-12-29(3)26(25)31)27(32)23-8-10-28-11-9-23/h4-11,14-16,25H,12-13,17-18H2,1-3H3. The molecule has 2 heterocycles. The molecule has 1 aliphatic heterocycles. The minimum atomic E-state index is -0.264. The number of likely N-dealkylation sites (N-methyl/N-ethyl adjacent to an activating group) is 1. The first kappa shape index (κ1) is 21.8. The Kier molecular flexibility index (Phi) is 6.35. The monoisotopic (exact) mass is 427 g/mol. The van der Waals surface area contributed by atoms with Crippen molar-refractivity contribution >= 4 is 11.8 Å². The summed E-state index contributed by atoms with van der Waals surface area (Å²) in [7, 11) is 1.82. The summed E-state index contributed by atoms with van der Waals surface area (Å²) in [6.07, 6.45) is 3.85. The van der Waals surface area contributed by atoms with E-state index >= 15 is 0 Å². The molecule has 1 fully saturated rings. The first-order valence-electron chi connectivity index (χ1n) is 11.0. The lowest BCUT2D eigenvalue weighted by Crippen LogP contribution is -2.37. The van der Waals surface area contributed by atoms with Gasteiger partial charge in [-0.1, -0.05) is 53.6 Å². The topological polar surface area (TPSA) is 53.5 Å². The molecule has 1 unspecified atom stereocenters. The molecule has 5 nitrogen and oxygen atoms in total. The molecule has 0 spiro atoms. The summed E-state index contributed by atoms with van der Waals surface area (Å²) in [6, 6.07) is 18.4. The zero-order chi connectivity index (χ0) is 22.7. The maximum atomic E-state index is 13.0. The number of carbonyl (C=O) groups is 2. The van der Waals surface area contributed by atoms with Crippen LogP contribution >= 0.6 is 0 Å². The molecule has 1 saturated heterocycles. The Bertz CT molecular complexity index is 1090. The summed E-state index contributed by atoms with van der Waals surface area (Å²) in [5.74, 6) is -0.223. The van der Waals surface area contributed by atoms with E-state index in [-0.39, 0.29) is 17.7 Å². The molecule has 3 aromatic rings. The van der Waals surface area contributed by atoms with Gasteiger partial charge in [-0.25, -0.2) is 0 Å². The van der Waals surface area contributed by atoms with Crippen LogP contribution in [0.1, 0.15) is 27.0 Å². The number of hydrogen-bond donors (Lipinski definition) is 0. The van der Waals surface area contributed by atoms with Gasteiger partial charge < -0.3 is 9.80 Å². The summed E-state index contributed by atoms with van der Waals surface area (Å²) >= 11 is 0. The first-order chi connectivity index (χ1) is 15.4. The smallest absolute Gasteiger partial charge is 0.254 e. The fraction of sp³-hybridized carbons (Fsp3) is 0.296. The number of hydrogen-bond acceptors (Lipinski definition) is 3. The van der Waals surface area contributed by atoms with E-state index in [1.54, 1.807) is 34.3 Å². The quantitative estimate of drug-likeness (QED) is 0.629. The van der Waals surface area contributed by atoms with Crippen molar-refractivity contribution in [3.8, 4) is 11.1 Å². The van der Waals surface area contributed by atoms with Crippen LogP contribution in [0.2, 0.25) is 0 Å². The van der Waals surface area contributed by atoms with E-state index in [1.165, 1.54) is 22.3 Å². The van der Waals surface area contributed by atoms with E-state index < -0.39 is 0 Å². The number of rotatable bonds is 4.